The Bertz CT molecular complexity index is 1300. The molecule has 0 aromatic carbocycles. The zero-order chi connectivity index (χ0) is 48.6. The largest absolute Gasteiger partial charge is 0.462 e. The summed E-state index contributed by atoms with van der Waals surface area (Å²) in [6.07, 6.45) is 71.4. The minimum Gasteiger partial charge on any atom is -0.462 e. The molecule has 0 rings (SSSR count). The monoisotopic (exact) mass is 933 g/mol. The van der Waals surface area contributed by atoms with E-state index < -0.39 is 6.10 Å². The van der Waals surface area contributed by atoms with Crippen molar-refractivity contribution in [2.75, 3.05) is 13.2 Å². The molecule has 0 saturated heterocycles. The Kier molecular flexibility index (Phi) is 52.4. The number of hydrogen-bond donors (Lipinski definition) is 0. The minimum atomic E-state index is -0.793. The van der Waals surface area contributed by atoms with Gasteiger partial charge in [-0.05, 0) is 116 Å². The third-order valence-electron chi connectivity index (χ3n) is 11.9. The molecule has 67 heavy (non-hydrogen) atoms. The van der Waals surface area contributed by atoms with E-state index in [0.29, 0.717) is 19.3 Å². The number of ether oxygens (including phenoxy) is 3. The summed E-state index contributed by atoms with van der Waals surface area (Å²) in [5.74, 6) is -0.925. The van der Waals surface area contributed by atoms with Crippen LogP contribution in [0.4, 0.5) is 0 Å². The van der Waals surface area contributed by atoms with Gasteiger partial charge in [-0.15, -0.1) is 0 Å². The smallest absolute Gasteiger partial charge is 0.306 e. The molecule has 6 heteroatoms. The highest BCUT2D eigenvalue weighted by molar-refractivity contribution is 5.71. The van der Waals surface area contributed by atoms with Gasteiger partial charge in [-0.2, -0.15) is 0 Å². The SMILES string of the molecule is CC/C=C\C/C=C\C/C=C\C/C=C\CCCCCCCCC(=O)OCC(COC(=O)CCCCC/C=C\CCCCCCCC)OC(=O)CCCCCCCCC/C=C\C/C=C\CCCCC. The molecule has 0 fully saturated rings. The van der Waals surface area contributed by atoms with Gasteiger partial charge in [0.05, 0.1) is 0 Å². The molecule has 0 aromatic rings. The molecule has 0 bridgehead atoms. The Labute approximate surface area is 414 Å². The Balaban J connectivity index is 4.43. The molecule has 1 atom stereocenters. The first-order valence-corrected chi connectivity index (χ1v) is 28.1. The van der Waals surface area contributed by atoms with E-state index >= 15 is 0 Å². The van der Waals surface area contributed by atoms with Gasteiger partial charge in [-0.3, -0.25) is 14.4 Å². The fraction of sp³-hybridized carbons (Fsp3) is 0.721. The van der Waals surface area contributed by atoms with Crippen LogP contribution in [0.25, 0.3) is 0 Å². The van der Waals surface area contributed by atoms with Gasteiger partial charge >= 0.3 is 17.9 Å². The molecular formula is C61H104O6. The fourth-order valence-electron chi connectivity index (χ4n) is 7.63. The second kappa shape index (κ2) is 55.2. The Morgan fingerprint density at radius 3 is 0.970 bits per heavy atom. The van der Waals surface area contributed by atoms with E-state index in [1.807, 2.05) is 0 Å². The van der Waals surface area contributed by atoms with Crippen LogP contribution in [0.3, 0.4) is 0 Å². The summed E-state index contributed by atoms with van der Waals surface area (Å²) in [7, 11) is 0. The summed E-state index contributed by atoms with van der Waals surface area (Å²) in [5.41, 5.74) is 0. The molecule has 384 valence electrons. The van der Waals surface area contributed by atoms with Crippen molar-refractivity contribution in [2.24, 2.45) is 0 Å². The number of rotatable bonds is 50. The number of esters is 3. The molecule has 0 N–H and O–H groups in total. The van der Waals surface area contributed by atoms with Gasteiger partial charge in [0, 0.05) is 19.3 Å². The molecule has 0 aliphatic heterocycles. The van der Waals surface area contributed by atoms with Crippen LogP contribution in [0.5, 0.6) is 0 Å². The summed E-state index contributed by atoms with van der Waals surface area (Å²) in [6.45, 7) is 6.47. The highest BCUT2D eigenvalue weighted by Gasteiger charge is 2.19. The number of unbranched alkanes of at least 4 members (excludes halogenated alkanes) is 25. The lowest BCUT2D eigenvalue weighted by Gasteiger charge is -2.18. The van der Waals surface area contributed by atoms with Crippen LogP contribution < -0.4 is 0 Å². The first kappa shape index (κ1) is 63.6. The number of allylic oxidation sites excluding steroid dienone is 14. The van der Waals surface area contributed by atoms with Gasteiger partial charge < -0.3 is 14.2 Å². The van der Waals surface area contributed by atoms with E-state index in [1.165, 1.54) is 103 Å². The zero-order valence-corrected chi connectivity index (χ0v) is 43.9. The summed E-state index contributed by atoms with van der Waals surface area (Å²) >= 11 is 0. The lowest BCUT2D eigenvalue weighted by molar-refractivity contribution is -0.167. The van der Waals surface area contributed by atoms with E-state index in [2.05, 4.69) is 106 Å². The molecule has 1 unspecified atom stereocenters. The highest BCUT2D eigenvalue weighted by Crippen LogP contribution is 2.14. The molecule has 0 radical (unpaired) electrons. The summed E-state index contributed by atoms with van der Waals surface area (Å²) in [5, 5.41) is 0. The first-order valence-electron chi connectivity index (χ1n) is 28.1. The third kappa shape index (κ3) is 53.4. The van der Waals surface area contributed by atoms with Gasteiger partial charge in [0.25, 0.3) is 0 Å². The maximum atomic E-state index is 12.8. The number of carbonyl (C=O) groups is 3. The number of hydrogen-bond acceptors (Lipinski definition) is 6. The second-order valence-corrected chi connectivity index (χ2v) is 18.5. The summed E-state index contributed by atoms with van der Waals surface area (Å²) in [4.78, 5) is 38.1. The van der Waals surface area contributed by atoms with E-state index in [0.717, 1.165) is 122 Å². The molecule has 0 heterocycles. The maximum absolute atomic E-state index is 12.8. The van der Waals surface area contributed by atoms with Crippen LogP contribution in [0.15, 0.2) is 85.1 Å². The van der Waals surface area contributed by atoms with Crippen LogP contribution >= 0.6 is 0 Å². The van der Waals surface area contributed by atoms with Gasteiger partial charge in [0.1, 0.15) is 13.2 Å². The van der Waals surface area contributed by atoms with Crippen molar-refractivity contribution >= 4 is 17.9 Å². The van der Waals surface area contributed by atoms with Crippen LogP contribution in [0.1, 0.15) is 265 Å². The molecule has 0 aliphatic rings. The molecule has 0 saturated carbocycles. The molecule has 0 aromatic heterocycles. The lowest BCUT2D eigenvalue weighted by Crippen LogP contribution is -2.30. The van der Waals surface area contributed by atoms with Crippen molar-refractivity contribution in [2.45, 2.75) is 271 Å². The molecular weight excluding hydrogens is 829 g/mol. The van der Waals surface area contributed by atoms with Crippen molar-refractivity contribution < 1.29 is 28.6 Å². The summed E-state index contributed by atoms with van der Waals surface area (Å²) < 4.78 is 16.8. The second-order valence-electron chi connectivity index (χ2n) is 18.5. The lowest BCUT2D eigenvalue weighted by atomic mass is 10.1. The zero-order valence-electron chi connectivity index (χ0n) is 43.9. The van der Waals surface area contributed by atoms with Gasteiger partial charge in [0.2, 0.25) is 0 Å². The Morgan fingerprint density at radius 2 is 0.582 bits per heavy atom. The van der Waals surface area contributed by atoms with E-state index in [4.69, 9.17) is 14.2 Å². The van der Waals surface area contributed by atoms with Gasteiger partial charge in [-0.1, -0.05) is 215 Å². The van der Waals surface area contributed by atoms with Crippen molar-refractivity contribution in [3.8, 4) is 0 Å². The molecule has 6 nitrogen and oxygen atoms in total. The topological polar surface area (TPSA) is 78.9 Å². The average Bonchev–Trinajstić information content (AvgIpc) is 3.33. The summed E-state index contributed by atoms with van der Waals surface area (Å²) in [6, 6.07) is 0. The van der Waals surface area contributed by atoms with Crippen LogP contribution in [-0.2, 0) is 28.6 Å². The van der Waals surface area contributed by atoms with Crippen molar-refractivity contribution in [1.29, 1.82) is 0 Å². The van der Waals surface area contributed by atoms with E-state index in [9.17, 15) is 14.4 Å². The molecule has 0 aliphatic carbocycles. The normalized spacial score (nSPS) is 12.7. The van der Waals surface area contributed by atoms with Crippen molar-refractivity contribution in [1.82, 2.24) is 0 Å². The standard InChI is InChI=1S/C61H104O6/c1-4-7-10-13-16-19-22-25-27-29-30-32-33-36-39-42-45-48-51-54-60(63)66-57-58(56-65-59(62)53-50-47-44-41-38-35-24-21-18-15-12-9-6-3)67-61(64)55-52-49-46-43-40-37-34-31-28-26-23-20-17-14-11-8-5-2/h7,10,16-17,19-20,25-28,30,32,35,38,58H,4-6,8-9,11-15,18,21-24,29,31,33-34,36-37,39-57H2,1-3H3/b10-7-,19-16-,20-17-,27-25-,28-26-,32-30-,38-35-. The van der Waals surface area contributed by atoms with Gasteiger partial charge in [0.15, 0.2) is 6.10 Å². The van der Waals surface area contributed by atoms with Crippen LogP contribution in [0, 0.1) is 0 Å². The van der Waals surface area contributed by atoms with E-state index in [1.54, 1.807) is 0 Å². The van der Waals surface area contributed by atoms with Crippen molar-refractivity contribution in [3.63, 3.8) is 0 Å². The predicted octanol–water partition coefficient (Wildman–Crippen LogP) is 18.8. The van der Waals surface area contributed by atoms with Crippen LogP contribution in [0.2, 0.25) is 0 Å². The Hall–Kier alpha value is -3.41. The number of carbonyl (C=O) groups excluding carboxylic acids is 3. The molecule has 0 spiro atoms. The average molecular weight is 933 g/mol. The highest BCUT2D eigenvalue weighted by atomic mass is 16.6. The first-order chi connectivity index (χ1) is 33.0. The fourth-order valence-corrected chi connectivity index (χ4v) is 7.63. The Morgan fingerprint density at radius 1 is 0.313 bits per heavy atom. The quantitative estimate of drug-likeness (QED) is 0.0262. The minimum absolute atomic E-state index is 0.0921. The van der Waals surface area contributed by atoms with E-state index in [-0.39, 0.29) is 31.1 Å². The van der Waals surface area contributed by atoms with Crippen LogP contribution in [-0.4, -0.2) is 37.2 Å². The third-order valence-corrected chi connectivity index (χ3v) is 11.9. The maximum Gasteiger partial charge on any atom is 0.306 e. The predicted molar refractivity (Wildman–Crippen MR) is 288 cm³/mol. The van der Waals surface area contributed by atoms with Gasteiger partial charge in [-0.25, -0.2) is 0 Å². The molecule has 0 amide bonds. The van der Waals surface area contributed by atoms with Crippen molar-refractivity contribution in [3.05, 3.63) is 85.1 Å².